The molecule has 140 valence electrons. The highest BCUT2D eigenvalue weighted by molar-refractivity contribution is 5.89. The van der Waals surface area contributed by atoms with Gasteiger partial charge in [-0.05, 0) is 43.7 Å². The van der Waals surface area contributed by atoms with Crippen molar-refractivity contribution < 1.29 is 9.59 Å². The molecular formula is C21H29N3O2. The van der Waals surface area contributed by atoms with Gasteiger partial charge >= 0.3 is 0 Å². The summed E-state index contributed by atoms with van der Waals surface area (Å²) in [5.41, 5.74) is 2.46. The number of rotatable bonds is 5. The molecule has 0 N–H and O–H groups in total. The van der Waals surface area contributed by atoms with Crippen molar-refractivity contribution in [3.63, 3.8) is 0 Å². The number of piperidine rings is 1. The van der Waals surface area contributed by atoms with Crippen LogP contribution in [0.25, 0.3) is 0 Å². The molecule has 0 spiro atoms. The Bertz CT molecular complexity index is 680. The van der Waals surface area contributed by atoms with E-state index in [2.05, 4.69) is 29.2 Å². The number of benzene rings is 1. The summed E-state index contributed by atoms with van der Waals surface area (Å²) in [5.74, 6) is 0.0955. The predicted molar refractivity (Wildman–Crippen MR) is 102 cm³/mol. The molecule has 4 rings (SSSR count). The van der Waals surface area contributed by atoms with Crippen LogP contribution in [0.1, 0.15) is 44.1 Å². The van der Waals surface area contributed by atoms with Crippen LogP contribution in [0, 0.1) is 5.92 Å². The maximum Gasteiger partial charge on any atom is 0.228 e. The number of anilines is 1. The lowest BCUT2D eigenvalue weighted by Crippen LogP contribution is -2.36. The molecule has 0 bridgehead atoms. The van der Waals surface area contributed by atoms with Crippen LogP contribution >= 0.6 is 0 Å². The van der Waals surface area contributed by atoms with Gasteiger partial charge in [0.2, 0.25) is 11.8 Å². The molecule has 1 aromatic carbocycles. The van der Waals surface area contributed by atoms with Gasteiger partial charge in [0, 0.05) is 51.4 Å². The minimum atomic E-state index is -0.171. The van der Waals surface area contributed by atoms with Crippen LogP contribution in [0.2, 0.25) is 0 Å². The quantitative estimate of drug-likeness (QED) is 0.816. The summed E-state index contributed by atoms with van der Waals surface area (Å²) in [6.45, 7) is 3.42. The first-order valence-corrected chi connectivity index (χ1v) is 10.0. The number of carbonyl (C=O) groups excluding carboxylic acids is 2. The second-order valence-electron chi connectivity index (χ2n) is 8.05. The Hall–Kier alpha value is -2.04. The SMILES string of the molecule is CN(Cc1ccccc1N1CCCCC1)C(=O)[C@H]1CC(=O)N(C2CC2)C1. The van der Waals surface area contributed by atoms with Gasteiger partial charge in [0.05, 0.1) is 5.92 Å². The van der Waals surface area contributed by atoms with Gasteiger partial charge in [-0.2, -0.15) is 0 Å². The molecule has 5 nitrogen and oxygen atoms in total. The van der Waals surface area contributed by atoms with E-state index < -0.39 is 0 Å². The zero-order valence-electron chi connectivity index (χ0n) is 15.7. The molecule has 3 fully saturated rings. The molecule has 5 heteroatoms. The molecule has 0 radical (unpaired) electrons. The second-order valence-corrected chi connectivity index (χ2v) is 8.05. The van der Waals surface area contributed by atoms with Crippen molar-refractivity contribution in [3.05, 3.63) is 29.8 Å². The van der Waals surface area contributed by atoms with E-state index in [1.54, 1.807) is 0 Å². The largest absolute Gasteiger partial charge is 0.371 e. The summed E-state index contributed by atoms with van der Waals surface area (Å²) in [5, 5.41) is 0. The Balaban J connectivity index is 1.42. The molecule has 1 aliphatic carbocycles. The van der Waals surface area contributed by atoms with Crippen molar-refractivity contribution in [3.8, 4) is 0 Å². The lowest BCUT2D eigenvalue weighted by atomic mass is 10.0. The molecule has 2 heterocycles. The Morgan fingerprint density at radius 1 is 1.15 bits per heavy atom. The monoisotopic (exact) mass is 355 g/mol. The van der Waals surface area contributed by atoms with E-state index in [1.807, 2.05) is 16.8 Å². The van der Waals surface area contributed by atoms with Crippen molar-refractivity contribution in [1.29, 1.82) is 0 Å². The Morgan fingerprint density at radius 3 is 2.62 bits per heavy atom. The smallest absolute Gasteiger partial charge is 0.228 e. The van der Waals surface area contributed by atoms with Gasteiger partial charge in [-0.25, -0.2) is 0 Å². The number of amides is 2. The number of likely N-dealkylation sites (tertiary alicyclic amines) is 1. The van der Waals surface area contributed by atoms with E-state index in [0.717, 1.165) is 25.9 Å². The van der Waals surface area contributed by atoms with Gasteiger partial charge < -0.3 is 14.7 Å². The lowest BCUT2D eigenvalue weighted by molar-refractivity contribution is -0.135. The van der Waals surface area contributed by atoms with Gasteiger partial charge in [-0.3, -0.25) is 9.59 Å². The summed E-state index contributed by atoms with van der Waals surface area (Å²) in [6.07, 6.45) is 6.38. The fourth-order valence-corrected chi connectivity index (χ4v) is 4.37. The van der Waals surface area contributed by atoms with Gasteiger partial charge in [-0.1, -0.05) is 18.2 Å². The highest BCUT2D eigenvalue weighted by Gasteiger charge is 2.42. The molecule has 2 aliphatic heterocycles. The maximum absolute atomic E-state index is 12.9. The number of hydrogen-bond acceptors (Lipinski definition) is 3. The minimum absolute atomic E-state index is 0.106. The van der Waals surface area contributed by atoms with Crippen LogP contribution in [0.3, 0.4) is 0 Å². The highest BCUT2D eigenvalue weighted by atomic mass is 16.2. The molecule has 26 heavy (non-hydrogen) atoms. The van der Waals surface area contributed by atoms with E-state index in [-0.39, 0.29) is 17.7 Å². The third-order valence-corrected chi connectivity index (χ3v) is 5.97. The van der Waals surface area contributed by atoms with Crippen molar-refractivity contribution in [2.75, 3.05) is 31.6 Å². The Morgan fingerprint density at radius 2 is 1.88 bits per heavy atom. The third-order valence-electron chi connectivity index (χ3n) is 5.97. The van der Waals surface area contributed by atoms with E-state index in [9.17, 15) is 9.59 Å². The first-order chi connectivity index (χ1) is 12.6. The first kappa shape index (κ1) is 17.4. The van der Waals surface area contributed by atoms with E-state index in [0.29, 0.717) is 25.6 Å². The molecule has 1 aromatic rings. The number of para-hydroxylation sites is 1. The number of nitrogens with zero attached hydrogens (tertiary/aromatic N) is 3. The highest BCUT2D eigenvalue weighted by Crippen LogP contribution is 2.33. The first-order valence-electron chi connectivity index (χ1n) is 10.0. The van der Waals surface area contributed by atoms with Crippen LogP contribution in [-0.4, -0.2) is 54.3 Å². The average molecular weight is 355 g/mol. The summed E-state index contributed by atoms with van der Waals surface area (Å²) in [6, 6.07) is 8.84. The van der Waals surface area contributed by atoms with Gasteiger partial charge in [-0.15, -0.1) is 0 Å². The standard InChI is InChI=1S/C21H29N3O2/c1-22(21(26)17-13-20(25)24(15-17)18-9-10-18)14-16-7-3-4-8-19(16)23-11-5-2-6-12-23/h3-4,7-8,17-18H,2,5-6,9-15H2,1H3/t17-/m0/s1. The Labute approximate surface area is 155 Å². The minimum Gasteiger partial charge on any atom is -0.371 e. The number of carbonyl (C=O) groups is 2. The fraction of sp³-hybridized carbons (Fsp3) is 0.619. The zero-order valence-corrected chi connectivity index (χ0v) is 15.7. The fourth-order valence-electron chi connectivity index (χ4n) is 4.37. The van der Waals surface area contributed by atoms with Crippen molar-refractivity contribution in [2.24, 2.45) is 5.92 Å². The van der Waals surface area contributed by atoms with Gasteiger partial charge in [0.1, 0.15) is 0 Å². The lowest BCUT2D eigenvalue weighted by Gasteiger charge is -2.31. The molecule has 0 unspecified atom stereocenters. The zero-order chi connectivity index (χ0) is 18.1. The number of hydrogen-bond donors (Lipinski definition) is 0. The van der Waals surface area contributed by atoms with Crippen LogP contribution in [0.4, 0.5) is 5.69 Å². The average Bonchev–Trinajstić information content (AvgIpc) is 3.44. The van der Waals surface area contributed by atoms with Crippen molar-refractivity contribution in [1.82, 2.24) is 9.80 Å². The molecule has 2 amide bonds. The summed E-state index contributed by atoms with van der Waals surface area (Å²) in [7, 11) is 1.87. The predicted octanol–water partition coefficient (Wildman–Crippen LogP) is 2.65. The van der Waals surface area contributed by atoms with Gasteiger partial charge in [0.15, 0.2) is 0 Å². The van der Waals surface area contributed by atoms with Crippen LogP contribution in [0.15, 0.2) is 24.3 Å². The normalized spacial score (nSPS) is 23.4. The van der Waals surface area contributed by atoms with Crippen molar-refractivity contribution in [2.45, 2.75) is 51.1 Å². The van der Waals surface area contributed by atoms with Crippen molar-refractivity contribution >= 4 is 17.5 Å². The molecule has 2 saturated heterocycles. The molecule has 3 aliphatic rings. The van der Waals surface area contributed by atoms with E-state index in [4.69, 9.17) is 0 Å². The molecule has 0 aromatic heterocycles. The maximum atomic E-state index is 12.9. The van der Waals surface area contributed by atoms with E-state index in [1.165, 1.54) is 30.5 Å². The Kier molecular flexibility index (Phi) is 4.88. The summed E-state index contributed by atoms with van der Waals surface area (Å²) in [4.78, 5) is 31.3. The molecule has 1 atom stereocenters. The second kappa shape index (κ2) is 7.29. The van der Waals surface area contributed by atoms with Crippen LogP contribution < -0.4 is 4.90 Å². The van der Waals surface area contributed by atoms with E-state index >= 15 is 0 Å². The van der Waals surface area contributed by atoms with Crippen LogP contribution in [0.5, 0.6) is 0 Å². The van der Waals surface area contributed by atoms with Gasteiger partial charge in [0.25, 0.3) is 0 Å². The van der Waals surface area contributed by atoms with Crippen LogP contribution in [-0.2, 0) is 16.1 Å². The molecule has 1 saturated carbocycles. The molecular weight excluding hydrogens is 326 g/mol. The summed E-state index contributed by atoms with van der Waals surface area (Å²) >= 11 is 0. The third kappa shape index (κ3) is 3.57. The topological polar surface area (TPSA) is 43.9 Å². The summed E-state index contributed by atoms with van der Waals surface area (Å²) < 4.78 is 0.